The zero-order valence-corrected chi connectivity index (χ0v) is 16.6. The highest BCUT2D eigenvalue weighted by Gasteiger charge is 2.31. The highest BCUT2D eigenvalue weighted by Crippen LogP contribution is 2.31. The van der Waals surface area contributed by atoms with Crippen LogP contribution in [0.3, 0.4) is 0 Å². The van der Waals surface area contributed by atoms with Crippen molar-refractivity contribution in [1.29, 1.82) is 0 Å². The minimum Gasteiger partial charge on any atom is -0.379 e. The smallest absolute Gasteiger partial charge is 0.252 e. The molecule has 2 aliphatic rings. The van der Waals surface area contributed by atoms with E-state index in [0.29, 0.717) is 13.2 Å². The van der Waals surface area contributed by atoms with Gasteiger partial charge >= 0.3 is 0 Å². The summed E-state index contributed by atoms with van der Waals surface area (Å²) in [4.78, 5) is 18.8. The average molecular weight is 393 g/mol. The maximum Gasteiger partial charge on any atom is 0.252 e. The van der Waals surface area contributed by atoms with Crippen LogP contribution in [0.1, 0.15) is 39.2 Å². The molecule has 1 aromatic carbocycles. The Labute approximate surface area is 168 Å². The number of pyridine rings is 1. The van der Waals surface area contributed by atoms with Gasteiger partial charge in [-0.1, -0.05) is 18.2 Å². The average Bonchev–Trinajstić information content (AvgIpc) is 3.35. The van der Waals surface area contributed by atoms with Crippen LogP contribution in [0.15, 0.2) is 41.9 Å². The minimum atomic E-state index is 0.0542. The van der Waals surface area contributed by atoms with Crippen molar-refractivity contribution in [3.8, 4) is 0 Å². The molecule has 5 rings (SSSR count). The summed E-state index contributed by atoms with van der Waals surface area (Å²) in [5.41, 5.74) is 4.46. The molecule has 144 valence electrons. The molecule has 5 heteroatoms. The topological polar surface area (TPSA) is 51.2 Å². The zero-order chi connectivity index (χ0) is 18.9. The molecule has 1 fully saturated rings. The van der Waals surface area contributed by atoms with Gasteiger partial charge in [0, 0.05) is 27.8 Å². The third kappa shape index (κ3) is 3.33. The molecule has 0 spiro atoms. The molecule has 0 saturated carbocycles. The van der Waals surface area contributed by atoms with Crippen molar-refractivity contribution in [2.75, 3.05) is 13.2 Å². The molecule has 28 heavy (non-hydrogen) atoms. The molecule has 1 saturated heterocycles. The Morgan fingerprint density at radius 3 is 3.04 bits per heavy atom. The summed E-state index contributed by atoms with van der Waals surface area (Å²) in [5, 5.41) is 6.51. The van der Waals surface area contributed by atoms with Gasteiger partial charge in [0.2, 0.25) is 0 Å². The third-order valence-electron chi connectivity index (χ3n) is 6.04. The quantitative estimate of drug-likeness (QED) is 0.725. The molecule has 1 amide bonds. The summed E-state index contributed by atoms with van der Waals surface area (Å²) in [5.74, 6) is 0.351. The van der Waals surface area contributed by atoms with Crippen molar-refractivity contribution >= 4 is 28.1 Å². The van der Waals surface area contributed by atoms with E-state index in [9.17, 15) is 4.79 Å². The number of carbonyl (C=O) groups is 1. The second-order valence-corrected chi connectivity index (χ2v) is 8.79. The van der Waals surface area contributed by atoms with Crippen LogP contribution in [-0.4, -0.2) is 30.1 Å². The second-order valence-electron chi connectivity index (χ2n) is 7.83. The number of ether oxygens (including phenoxy) is 1. The SMILES string of the molecule is O=C(N[C@@H]1COC[C@H]1Cc1ccnc2ccccc12)c1csc2c1CCCC2. The predicted molar refractivity (Wildman–Crippen MR) is 112 cm³/mol. The van der Waals surface area contributed by atoms with Crippen LogP contribution in [0.2, 0.25) is 0 Å². The molecular formula is C23H24N2O2S. The van der Waals surface area contributed by atoms with Gasteiger partial charge in [-0.2, -0.15) is 0 Å². The van der Waals surface area contributed by atoms with Gasteiger partial charge in [0.15, 0.2) is 0 Å². The fraction of sp³-hybridized carbons (Fsp3) is 0.391. The lowest BCUT2D eigenvalue weighted by Gasteiger charge is -2.20. The number of nitrogens with one attached hydrogen (secondary N) is 1. The predicted octanol–water partition coefficient (Wildman–Crippen LogP) is 4.16. The van der Waals surface area contributed by atoms with Crippen molar-refractivity contribution in [2.24, 2.45) is 5.92 Å². The monoisotopic (exact) mass is 392 g/mol. The number of aromatic nitrogens is 1. The summed E-state index contributed by atoms with van der Waals surface area (Å²) >= 11 is 1.74. The maximum atomic E-state index is 13.0. The molecule has 3 aromatic rings. The Balaban J connectivity index is 1.33. The number of rotatable bonds is 4. The van der Waals surface area contributed by atoms with E-state index in [1.807, 2.05) is 23.7 Å². The Kier molecular flexibility index (Phi) is 4.87. The van der Waals surface area contributed by atoms with E-state index in [0.717, 1.165) is 30.3 Å². The van der Waals surface area contributed by atoms with Crippen LogP contribution in [-0.2, 0) is 24.0 Å². The Hall–Kier alpha value is -2.24. The molecular weight excluding hydrogens is 368 g/mol. The number of benzene rings is 1. The maximum absolute atomic E-state index is 13.0. The van der Waals surface area contributed by atoms with Crippen LogP contribution < -0.4 is 5.32 Å². The van der Waals surface area contributed by atoms with E-state index >= 15 is 0 Å². The fourth-order valence-electron chi connectivity index (χ4n) is 4.51. The molecule has 1 N–H and O–H groups in total. The molecule has 0 bridgehead atoms. The lowest BCUT2D eigenvalue weighted by molar-refractivity contribution is 0.0924. The largest absolute Gasteiger partial charge is 0.379 e. The van der Waals surface area contributed by atoms with E-state index in [-0.39, 0.29) is 17.9 Å². The summed E-state index contributed by atoms with van der Waals surface area (Å²) in [6.45, 7) is 1.27. The van der Waals surface area contributed by atoms with Gasteiger partial charge in [-0.05, 0) is 55.4 Å². The molecule has 0 radical (unpaired) electrons. The van der Waals surface area contributed by atoms with Crippen molar-refractivity contribution in [3.05, 3.63) is 63.5 Å². The number of nitrogens with zero attached hydrogens (tertiary/aromatic N) is 1. The molecule has 1 aliphatic heterocycles. The van der Waals surface area contributed by atoms with Crippen molar-refractivity contribution in [2.45, 2.75) is 38.1 Å². The van der Waals surface area contributed by atoms with E-state index in [1.165, 1.54) is 34.2 Å². The van der Waals surface area contributed by atoms with Crippen molar-refractivity contribution in [1.82, 2.24) is 10.3 Å². The Bertz CT molecular complexity index is 1010. The number of carbonyl (C=O) groups excluding carboxylic acids is 1. The number of fused-ring (bicyclic) bond motifs is 2. The molecule has 2 atom stereocenters. The van der Waals surface area contributed by atoms with Gasteiger partial charge in [-0.3, -0.25) is 9.78 Å². The molecule has 3 heterocycles. The number of hydrogen-bond donors (Lipinski definition) is 1. The van der Waals surface area contributed by atoms with Crippen LogP contribution in [0.4, 0.5) is 0 Å². The second kappa shape index (κ2) is 7.64. The standard InChI is InChI=1S/C23H24N2O2S/c26-23(19-14-28-22-8-4-2-6-18(19)22)25-21-13-27-12-16(21)11-15-9-10-24-20-7-3-1-5-17(15)20/h1,3,5,7,9-10,14,16,21H,2,4,6,8,11-13H2,(H,25,26)/t16-,21-/m1/s1. The summed E-state index contributed by atoms with van der Waals surface area (Å²) in [6.07, 6.45) is 7.35. The number of aryl methyl sites for hydroxylation is 1. The zero-order valence-electron chi connectivity index (χ0n) is 15.8. The van der Waals surface area contributed by atoms with E-state index in [1.54, 1.807) is 11.3 Å². The molecule has 1 aliphatic carbocycles. The van der Waals surface area contributed by atoms with Gasteiger partial charge in [-0.25, -0.2) is 0 Å². The number of thiophene rings is 1. The summed E-state index contributed by atoms with van der Waals surface area (Å²) < 4.78 is 5.76. The minimum absolute atomic E-state index is 0.0542. The number of amides is 1. The van der Waals surface area contributed by atoms with Gasteiger partial charge in [-0.15, -0.1) is 11.3 Å². The first-order chi connectivity index (χ1) is 13.8. The van der Waals surface area contributed by atoms with E-state index in [4.69, 9.17) is 4.74 Å². The first-order valence-electron chi connectivity index (χ1n) is 10.1. The van der Waals surface area contributed by atoms with E-state index in [2.05, 4.69) is 28.5 Å². The Morgan fingerprint density at radius 2 is 2.07 bits per heavy atom. The molecule has 4 nitrogen and oxygen atoms in total. The summed E-state index contributed by atoms with van der Waals surface area (Å²) in [7, 11) is 0. The lowest BCUT2D eigenvalue weighted by atomic mass is 9.92. The van der Waals surface area contributed by atoms with Crippen LogP contribution in [0.25, 0.3) is 10.9 Å². The van der Waals surface area contributed by atoms with Crippen LogP contribution in [0, 0.1) is 5.92 Å². The first-order valence-corrected chi connectivity index (χ1v) is 11.0. The molecule has 2 aromatic heterocycles. The number of para-hydroxylation sites is 1. The number of hydrogen-bond acceptors (Lipinski definition) is 4. The van der Waals surface area contributed by atoms with Crippen molar-refractivity contribution in [3.63, 3.8) is 0 Å². The molecule has 0 unspecified atom stereocenters. The highest BCUT2D eigenvalue weighted by atomic mass is 32.1. The first kappa shape index (κ1) is 17.8. The summed E-state index contributed by atoms with van der Waals surface area (Å²) in [6, 6.07) is 10.4. The third-order valence-corrected chi connectivity index (χ3v) is 7.13. The lowest BCUT2D eigenvalue weighted by Crippen LogP contribution is -2.40. The van der Waals surface area contributed by atoms with Gasteiger partial charge in [0.1, 0.15) is 0 Å². The normalized spacial score (nSPS) is 21.6. The Morgan fingerprint density at radius 1 is 1.18 bits per heavy atom. The van der Waals surface area contributed by atoms with Gasteiger partial charge in [0.25, 0.3) is 5.91 Å². The van der Waals surface area contributed by atoms with Gasteiger partial charge < -0.3 is 10.1 Å². The van der Waals surface area contributed by atoms with Gasteiger partial charge in [0.05, 0.1) is 30.3 Å². The van der Waals surface area contributed by atoms with E-state index < -0.39 is 0 Å². The fourth-order valence-corrected chi connectivity index (χ4v) is 5.63. The van der Waals surface area contributed by atoms with Crippen molar-refractivity contribution < 1.29 is 9.53 Å². The highest BCUT2D eigenvalue weighted by molar-refractivity contribution is 7.10. The van der Waals surface area contributed by atoms with Crippen LogP contribution >= 0.6 is 11.3 Å². The van der Waals surface area contributed by atoms with Crippen LogP contribution in [0.5, 0.6) is 0 Å².